The van der Waals surface area contributed by atoms with Gasteiger partial charge in [-0.3, -0.25) is 4.79 Å². The Morgan fingerprint density at radius 2 is 2.33 bits per heavy atom. The number of amides is 1. The van der Waals surface area contributed by atoms with E-state index in [1.165, 1.54) is 0 Å². The van der Waals surface area contributed by atoms with Crippen molar-refractivity contribution in [3.8, 4) is 0 Å². The highest BCUT2D eigenvalue weighted by Gasteiger charge is 2.30. The summed E-state index contributed by atoms with van der Waals surface area (Å²) < 4.78 is 4.99. The molecule has 1 aromatic heterocycles. The van der Waals surface area contributed by atoms with Crippen molar-refractivity contribution in [2.45, 2.75) is 32.6 Å². The molecule has 0 unspecified atom stereocenters. The van der Waals surface area contributed by atoms with Crippen LogP contribution in [0.5, 0.6) is 0 Å². The van der Waals surface area contributed by atoms with E-state index in [9.17, 15) is 4.79 Å². The topological polar surface area (TPSA) is 68.0 Å². The summed E-state index contributed by atoms with van der Waals surface area (Å²) in [5.41, 5.74) is 0. The van der Waals surface area contributed by atoms with Crippen LogP contribution in [0.3, 0.4) is 0 Å². The van der Waals surface area contributed by atoms with Crippen LogP contribution in [-0.4, -0.2) is 22.6 Å². The summed E-state index contributed by atoms with van der Waals surface area (Å²) in [7, 11) is 0. The van der Waals surface area contributed by atoms with Crippen molar-refractivity contribution < 1.29 is 9.32 Å². The van der Waals surface area contributed by atoms with Gasteiger partial charge >= 0.3 is 0 Å². The lowest BCUT2D eigenvalue weighted by atomic mass is 10.2. The number of nitrogens with one attached hydrogen (secondary N) is 1. The zero-order valence-corrected chi connectivity index (χ0v) is 8.99. The molecular formula is C10H15N3O2. The Bertz CT molecular complexity index is 355. The minimum Gasteiger partial charge on any atom is -0.349 e. The minimum atomic E-state index is -0.251. The molecule has 82 valence electrons. The van der Waals surface area contributed by atoms with Gasteiger partial charge < -0.3 is 9.84 Å². The van der Waals surface area contributed by atoms with Gasteiger partial charge in [0.05, 0.1) is 0 Å². The lowest BCUT2D eigenvalue weighted by molar-refractivity contribution is 0.0935. The van der Waals surface area contributed by atoms with Gasteiger partial charge in [0.2, 0.25) is 5.89 Å². The maximum Gasteiger partial charge on any atom is 0.292 e. The number of rotatable bonds is 4. The van der Waals surface area contributed by atoms with E-state index in [2.05, 4.69) is 15.5 Å². The predicted molar refractivity (Wildman–Crippen MR) is 53.4 cm³/mol. The van der Waals surface area contributed by atoms with E-state index in [1.807, 2.05) is 13.8 Å². The Morgan fingerprint density at radius 3 is 2.93 bits per heavy atom. The standard InChI is InChI=1S/C10H15N3O2/c1-6(2)5-11-9(14)8-12-10(15-13-8)7-3-4-7/h6-7H,3-5H2,1-2H3,(H,11,14). The molecule has 15 heavy (non-hydrogen) atoms. The monoisotopic (exact) mass is 209 g/mol. The molecule has 0 radical (unpaired) electrons. The summed E-state index contributed by atoms with van der Waals surface area (Å²) in [4.78, 5) is 15.6. The Morgan fingerprint density at radius 1 is 1.60 bits per heavy atom. The molecule has 1 aliphatic carbocycles. The predicted octanol–water partition coefficient (Wildman–Crippen LogP) is 1.33. The molecule has 1 heterocycles. The van der Waals surface area contributed by atoms with Crippen molar-refractivity contribution in [2.75, 3.05) is 6.54 Å². The molecule has 0 atom stereocenters. The van der Waals surface area contributed by atoms with Crippen LogP contribution in [0.1, 0.15) is 49.1 Å². The SMILES string of the molecule is CC(C)CNC(=O)c1noc(C2CC2)n1. The Balaban J connectivity index is 1.93. The van der Waals surface area contributed by atoms with Crippen LogP contribution in [0.25, 0.3) is 0 Å². The minimum absolute atomic E-state index is 0.151. The van der Waals surface area contributed by atoms with Crippen molar-refractivity contribution in [1.29, 1.82) is 0 Å². The highest BCUT2D eigenvalue weighted by Crippen LogP contribution is 2.38. The van der Waals surface area contributed by atoms with E-state index in [0.717, 1.165) is 12.8 Å². The Labute approximate surface area is 88.2 Å². The number of aromatic nitrogens is 2. The molecule has 0 aliphatic heterocycles. The molecule has 1 aliphatic rings. The molecule has 2 rings (SSSR count). The zero-order valence-electron chi connectivity index (χ0n) is 8.99. The molecule has 1 fully saturated rings. The van der Waals surface area contributed by atoms with Gasteiger partial charge in [0, 0.05) is 12.5 Å². The van der Waals surface area contributed by atoms with E-state index >= 15 is 0 Å². The van der Waals surface area contributed by atoms with E-state index in [4.69, 9.17) is 4.52 Å². The largest absolute Gasteiger partial charge is 0.349 e. The number of hydrogen-bond acceptors (Lipinski definition) is 4. The number of carbonyl (C=O) groups is 1. The average Bonchev–Trinajstić information content (AvgIpc) is 2.93. The maximum atomic E-state index is 11.5. The molecule has 0 bridgehead atoms. The van der Waals surface area contributed by atoms with Gasteiger partial charge in [0.1, 0.15) is 0 Å². The molecule has 1 aromatic rings. The van der Waals surface area contributed by atoms with Gasteiger partial charge in [-0.15, -0.1) is 0 Å². The van der Waals surface area contributed by atoms with Crippen LogP contribution in [0.15, 0.2) is 4.52 Å². The molecule has 5 nitrogen and oxygen atoms in total. The molecule has 0 aromatic carbocycles. The van der Waals surface area contributed by atoms with Gasteiger partial charge in [0.25, 0.3) is 11.7 Å². The highest BCUT2D eigenvalue weighted by molar-refractivity contribution is 5.90. The fourth-order valence-corrected chi connectivity index (χ4v) is 1.20. The summed E-state index contributed by atoms with van der Waals surface area (Å²) in [5.74, 6) is 1.31. The molecular weight excluding hydrogens is 194 g/mol. The molecule has 1 saturated carbocycles. The van der Waals surface area contributed by atoms with Crippen LogP contribution in [0.4, 0.5) is 0 Å². The number of nitrogens with zero attached hydrogens (tertiary/aromatic N) is 2. The number of carbonyl (C=O) groups excluding carboxylic acids is 1. The molecule has 0 saturated heterocycles. The van der Waals surface area contributed by atoms with Crippen LogP contribution >= 0.6 is 0 Å². The second-order valence-corrected chi connectivity index (χ2v) is 4.33. The first-order valence-corrected chi connectivity index (χ1v) is 5.28. The Kier molecular flexibility index (Phi) is 2.70. The summed E-state index contributed by atoms with van der Waals surface area (Å²) in [6.07, 6.45) is 2.19. The second kappa shape index (κ2) is 4.00. The van der Waals surface area contributed by atoms with E-state index < -0.39 is 0 Å². The van der Waals surface area contributed by atoms with E-state index in [1.54, 1.807) is 0 Å². The molecule has 1 amide bonds. The van der Waals surface area contributed by atoms with Crippen LogP contribution in [0, 0.1) is 5.92 Å². The summed E-state index contributed by atoms with van der Waals surface area (Å²) in [6.45, 7) is 4.70. The van der Waals surface area contributed by atoms with Crippen molar-refractivity contribution in [1.82, 2.24) is 15.5 Å². The lowest BCUT2D eigenvalue weighted by Crippen LogP contribution is -2.28. The fraction of sp³-hybridized carbons (Fsp3) is 0.700. The summed E-state index contributed by atoms with van der Waals surface area (Å²) in [6, 6.07) is 0. The van der Waals surface area contributed by atoms with Gasteiger partial charge in [0.15, 0.2) is 0 Å². The average molecular weight is 209 g/mol. The van der Waals surface area contributed by atoms with Crippen molar-refractivity contribution in [3.63, 3.8) is 0 Å². The maximum absolute atomic E-state index is 11.5. The Hall–Kier alpha value is -1.39. The first-order valence-electron chi connectivity index (χ1n) is 5.28. The van der Waals surface area contributed by atoms with Crippen LogP contribution in [-0.2, 0) is 0 Å². The van der Waals surface area contributed by atoms with E-state index in [0.29, 0.717) is 24.3 Å². The normalized spacial score (nSPS) is 15.7. The zero-order chi connectivity index (χ0) is 10.8. The van der Waals surface area contributed by atoms with Crippen molar-refractivity contribution in [2.24, 2.45) is 5.92 Å². The summed E-state index contributed by atoms with van der Waals surface area (Å²) in [5, 5.41) is 6.40. The third-order valence-electron chi connectivity index (χ3n) is 2.24. The van der Waals surface area contributed by atoms with Gasteiger partial charge in [-0.2, -0.15) is 4.98 Å². The second-order valence-electron chi connectivity index (χ2n) is 4.33. The van der Waals surface area contributed by atoms with Gasteiger partial charge in [-0.1, -0.05) is 19.0 Å². The van der Waals surface area contributed by atoms with Crippen molar-refractivity contribution in [3.05, 3.63) is 11.7 Å². The molecule has 1 N–H and O–H groups in total. The highest BCUT2D eigenvalue weighted by atomic mass is 16.5. The van der Waals surface area contributed by atoms with Crippen LogP contribution in [0.2, 0.25) is 0 Å². The molecule has 5 heteroatoms. The third-order valence-corrected chi connectivity index (χ3v) is 2.24. The first-order chi connectivity index (χ1) is 7.16. The van der Waals surface area contributed by atoms with Gasteiger partial charge in [-0.25, -0.2) is 0 Å². The quantitative estimate of drug-likeness (QED) is 0.812. The summed E-state index contributed by atoms with van der Waals surface area (Å²) >= 11 is 0. The smallest absolute Gasteiger partial charge is 0.292 e. The third kappa shape index (κ3) is 2.55. The van der Waals surface area contributed by atoms with E-state index in [-0.39, 0.29) is 11.7 Å². The lowest BCUT2D eigenvalue weighted by Gasteiger charge is -2.03. The molecule has 0 spiro atoms. The van der Waals surface area contributed by atoms with Crippen molar-refractivity contribution >= 4 is 5.91 Å². The number of hydrogen-bond donors (Lipinski definition) is 1. The van der Waals surface area contributed by atoms with Gasteiger partial charge in [-0.05, 0) is 18.8 Å². The first kappa shape index (κ1) is 10.1. The fourth-order valence-electron chi connectivity index (χ4n) is 1.20. The van der Waals surface area contributed by atoms with Crippen LogP contribution < -0.4 is 5.32 Å².